The van der Waals surface area contributed by atoms with E-state index < -0.39 is 0 Å². The number of ether oxygens (including phenoxy) is 1. The Morgan fingerprint density at radius 3 is 2.76 bits per heavy atom. The zero-order chi connectivity index (χ0) is 17.8. The number of carbonyl (C=O) groups excluding carboxylic acids is 1. The van der Waals surface area contributed by atoms with Crippen molar-refractivity contribution in [1.29, 1.82) is 0 Å². The van der Waals surface area contributed by atoms with Gasteiger partial charge in [0, 0.05) is 50.4 Å². The number of hydrogen-bond acceptors (Lipinski definition) is 6. The maximum atomic E-state index is 13.0. The topological polar surface area (TPSA) is 84.6 Å². The predicted octanol–water partition coefficient (Wildman–Crippen LogP) is 1.29. The number of aromatic nitrogens is 2. The maximum absolute atomic E-state index is 13.0. The molecule has 7 heteroatoms. The minimum atomic E-state index is 0.0845. The van der Waals surface area contributed by atoms with Crippen molar-refractivity contribution in [1.82, 2.24) is 14.9 Å². The highest BCUT2D eigenvalue weighted by Crippen LogP contribution is 2.28. The number of anilines is 1. The molecule has 138 valence electrons. The predicted molar refractivity (Wildman–Crippen MR) is 96.5 cm³/mol. The van der Waals surface area contributed by atoms with Crippen LogP contribution in [0.2, 0.25) is 0 Å². The van der Waals surface area contributed by atoms with E-state index in [2.05, 4.69) is 26.7 Å². The molecule has 0 radical (unpaired) electrons. The van der Waals surface area contributed by atoms with Crippen LogP contribution in [0.5, 0.6) is 5.88 Å². The van der Waals surface area contributed by atoms with Crippen molar-refractivity contribution in [3.63, 3.8) is 0 Å². The van der Waals surface area contributed by atoms with Gasteiger partial charge in [0.1, 0.15) is 0 Å². The van der Waals surface area contributed by atoms with Crippen LogP contribution in [0.25, 0.3) is 0 Å². The molecule has 7 nitrogen and oxygen atoms in total. The highest BCUT2D eigenvalue weighted by molar-refractivity contribution is 5.79. The first-order valence-electron chi connectivity index (χ1n) is 9.26. The third-order valence-corrected chi connectivity index (χ3v) is 5.59. The van der Waals surface area contributed by atoms with Crippen molar-refractivity contribution in [2.75, 3.05) is 38.2 Å². The van der Waals surface area contributed by atoms with Crippen LogP contribution in [0.1, 0.15) is 32.6 Å². The first-order valence-corrected chi connectivity index (χ1v) is 9.26. The molecule has 2 aliphatic heterocycles. The van der Waals surface area contributed by atoms with E-state index in [9.17, 15) is 4.79 Å². The van der Waals surface area contributed by atoms with Crippen molar-refractivity contribution in [2.24, 2.45) is 17.6 Å². The van der Waals surface area contributed by atoms with Gasteiger partial charge >= 0.3 is 0 Å². The van der Waals surface area contributed by atoms with Crippen molar-refractivity contribution in [3.05, 3.63) is 12.3 Å². The molecule has 25 heavy (non-hydrogen) atoms. The lowest BCUT2D eigenvalue weighted by Crippen LogP contribution is -2.54. The Kier molecular flexibility index (Phi) is 5.73. The first kappa shape index (κ1) is 17.9. The Hall–Kier alpha value is -1.89. The van der Waals surface area contributed by atoms with E-state index in [1.807, 2.05) is 0 Å². The summed E-state index contributed by atoms with van der Waals surface area (Å²) in [6.45, 7) is 5.20. The van der Waals surface area contributed by atoms with E-state index in [-0.39, 0.29) is 17.9 Å². The molecule has 2 saturated heterocycles. The minimum absolute atomic E-state index is 0.0845. The highest BCUT2D eigenvalue weighted by Gasteiger charge is 2.35. The quantitative estimate of drug-likeness (QED) is 0.883. The number of rotatable bonds is 4. The van der Waals surface area contributed by atoms with Crippen LogP contribution >= 0.6 is 0 Å². The largest absolute Gasteiger partial charge is 0.481 e. The molecular formula is C18H29N5O2. The third-order valence-electron chi connectivity index (χ3n) is 5.59. The summed E-state index contributed by atoms with van der Waals surface area (Å²) in [4.78, 5) is 25.9. The summed E-state index contributed by atoms with van der Waals surface area (Å²) in [7, 11) is 1.60. The molecule has 1 aromatic rings. The molecule has 2 N–H and O–H groups in total. The Labute approximate surface area is 149 Å². The van der Waals surface area contributed by atoms with E-state index in [4.69, 9.17) is 10.5 Å². The van der Waals surface area contributed by atoms with E-state index in [1.54, 1.807) is 19.4 Å². The molecule has 0 aromatic carbocycles. The van der Waals surface area contributed by atoms with Gasteiger partial charge in [-0.2, -0.15) is 4.98 Å². The number of nitrogens with zero attached hydrogens (tertiary/aromatic N) is 4. The molecule has 1 amide bonds. The smallest absolute Gasteiger partial charge is 0.228 e. The fourth-order valence-corrected chi connectivity index (χ4v) is 4.04. The van der Waals surface area contributed by atoms with E-state index in [0.29, 0.717) is 24.3 Å². The number of piperidine rings is 2. The van der Waals surface area contributed by atoms with Crippen LogP contribution in [0, 0.1) is 11.8 Å². The molecule has 0 bridgehead atoms. The Morgan fingerprint density at radius 1 is 1.32 bits per heavy atom. The fourth-order valence-electron chi connectivity index (χ4n) is 4.04. The number of carbonyl (C=O) groups is 1. The van der Waals surface area contributed by atoms with Gasteiger partial charge in [0.2, 0.25) is 17.7 Å². The molecule has 2 fully saturated rings. The van der Waals surface area contributed by atoms with Crippen LogP contribution in [0.15, 0.2) is 12.3 Å². The summed E-state index contributed by atoms with van der Waals surface area (Å²) in [5.74, 6) is 2.11. The minimum Gasteiger partial charge on any atom is -0.481 e. The van der Waals surface area contributed by atoms with Gasteiger partial charge in [0.25, 0.3) is 0 Å². The van der Waals surface area contributed by atoms with Crippen LogP contribution in [0.4, 0.5) is 5.95 Å². The van der Waals surface area contributed by atoms with Gasteiger partial charge in [-0.1, -0.05) is 6.92 Å². The van der Waals surface area contributed by atoms with Crippen molar-refractivity contribution in [3.8, 4) is 5.88 Å². The molecule has 0 unspecified atom stereocenters. The zero-order valence-electron chi connectivity index (χ0n) is 15.2. The summed E-state index contributed by atoms with van der Waals surface area (Å²) < 4.78 is 5.17. The summed E-state index contributed by atoms with van der Waals surface area (Å²) in [5.41, 5.74) is 5.95. The van der Waals surface area contributed by atoms with Gasteiger partial charge < -0.3 is 20.3 Å². The number of methoxy groups -OCH3 is 1. The number of hydrogen-bond donors (Lipinski definition) is 1. The second-order valence-electron chi connectivity index (χ2n) is 7.11. The summed E-state index contributed by atoms with van der Waals surface area (Å²) in [5, 5.41) is 0. The first-order chi connectivity index (χ1) is 12.1. The summed E-state index contributed by atoms with van der Waals surface area (Å²) in [6, 6.07) is 1.94. The summed E-state index contributed by atoms with van der Waals surface area (Å²) in [6.07, 6.45) is 5.62. The lowest BCUT2D eigenvalue weighted by atomic mass is 9.88. The fraction of sp³-hybridized carbons (Fsp3) is 0.722. The second-order valence-corrected chi connectivity index (χ2v) is 7.11. The SMILES string of the molecule is COc1ccnc(N2CCC(C(=O)N3CCC[C@H](C)[C@@H]3CN)CC2)n1. The molecule has 2 atom stereocenters. The summed E-state index contributed by atoms with van der Waals surface area (Å²) >= 11 is 0. The van der Waals surface area contributed by atoms with Gasteiger partial charge in [-0.15, -0.1) is 0 Å². The monoisotopic (exact) mass is 347 g/mol. The average Bonchev–Trinajstić information content (AvgIpc) is 2.67. The molecule has 3 rings (SSSR count). The molecule has 0 spiro atoms. The van der Waals surface area contributed by atoms with Gasteiger partial charge in [0.15, 0.2) is 0 Å². The molecule has 0 aliphatic carbocycles. The molecule has 0 saturated carbocycles. The zero-order valence-corrected chi connectivity index (χ0v) is 15.2. The van der Waals surface area contributed by atoms with Gasteiger partial charge in [0.05, 0.1) is 7.11 Å². The maximum Gasteiger partial charge on any atom is 0.228 e. The van der Waals surface area contributed by atoms with Gasteiger partial charge in [-0.25, -0.2) is 4.98 Å². The van der Waals surface area contributed by atoms with Crippen LogP contribution in [-0.4, -0.2) is 60.1 Å². The Balaban J connectivity index is 1.60. The lowest BCUT2D eigenvalue weighted by Gasteiger charge is -2.42. The third kappa shape index (κ3) is 3.86. The second kappa shape index (κ2) is 7.99. The van der Waals surface area contributed by atoms with Crippen molar-refractivity contribution >= 4 is 11.9 Å². The Morgan fingerprint density at radius 2 is 2.08 bits per heavy atom. The highest BCUT2D eigenvalue weighted by atomic mass is 16.5. The molecule has 1 aromatic heterocycles. The number of likely N-dealkylation sites (tertiary alicyclic amines) is 1. The van der Waals surface area contributed by atoms with Gasteiger partial charge in [-0.3, -0.25) is 4.79 Å². The molecule has 2 aliphatic rings. The van der Waals surface area contributed by atoms with E-state index >= 15 is 0 Å². The lowest BCUT2D eigenvalue weighted by molar-refractivity contribution is -0.141. The van der Waals surface area contributed by atoms with Crippen molar-refractivity contribution in [2.45, 2.75) is 38.6 Å². The average molecular weight is 347 g/mol. The normalized spacial score (nSPS) is 25.1. The number of amides is 1. The molecular weight excluding hydrogens is 318 g/mol. The van der Waals surface area contributed by atoms with Crippen LogP contribution in [-0.2, 0) is 4.79 Å². The van der Waals surface area contributed by atoms with Crippen molar-refractivity contribution < 1.29 is 9.53 Å². The Bertz CT molecular complexity index is 589. The number of nitrogens with two attached hydrogens (primary N) is 1. The van der Waals surface area contributed by atoms with Gasteiger partial charge in [-0.05, 0) is 31.6 Å². The van der Waals surface area contributed by atoms with Crippen LogP contribution in [0.3, 0.4) is 0 Å². The standard InChI is InChI=1S/C18H29N5O2/c1-13-4-3-9-23(15(13)12-19)17(24)14-6-10-22(11-7-14)18-20-8-5-16(21-18)25-2/h5,8,13-15H,3-4,6-7,9-12,19H2,1-2H3/t13-,15-/m0/s1. The van der Waals surface area contributed by atoms with E-state index in [1.165, 1.54) is 0 Å². The van der Waals surface area contributed by atoms with E-state index in [0.717, 1.165) is 45.3 Å². The van der Waals surface area contributed by atoms with Crippen LogP contribution < -0.4 is 15.4 Å². The molecule has 3 heterocycles.